The van der Waals surface area contributed by atoms with Crippen LogP contribution in [0.4, 0.5) is 5.69 Å². The fraction of sp³-hybridized carbons (Fsp3) is 0.619. The third-order valence-electron chi connectivity index (χ3n) is 6.19. The van der Waals surface area contributed by atoms with Crippen molar-refractivity contribution in [3.8, 4) is 0 Å². The maximum absolute atomic E-state index is 13.2. The van der Waals surface area contributed by atoms with Gasteiger partial charge in [0, 0.05) is 52.4 Å². The maximum Gasteiger partial charge on any atom is 0.227 e. The van der Waals surface area contributed by atoms with Gasteiger partial charge in [0.25, 0.3) is 0 Å². The molecule has 2 atom stereocenters. The second kappa shape index (κ2) is 8.30. The third-order valence-corrected chi connectivity index (χ3v) is 6.19. The minimum absolute atomic E-state index is 0.0980. The number of rotatable bonds is 4. The Balaban J connectivity index is 1.65. The number of hydrogen-bond acceptors (Lipinski definition) is 4. The van der Waals surface area contributed by atoms with E-state index in [2.05, 4.69) is 36.9 Å². The van der Waals surface area contributed by atoms with Crippen LogP contribution in [0.5, 0.6) is 0 Å². The van der Waals surface area contributed by atoms with E-state index in [0.717, 1.165) is 26.2 Å². The van der Waals surface area contributed by atoms with Gasteiger partial charge < -0.3 is 19.4 Å². The highest BCUT2D eigenvalue weighted by atomic mass is 16.5. The normalized spacial score (nSPS) is 23.7. The van der Waals surface area contributed by atoms with Crippen LogP contribution in [0.15, 0.2) is 18.2 Å². The van der Waals surface area contributed by atoms with Crippen LogP contribution in [0.3, 0.4) is 0 Å². The van der Waals surface area contributed by atoms with Crippen molar-refractivity contribution in [2.75, 3.05) is 51.8 Å². The Morgan fingerprint density at radius 3 is 2.56 bits per heavy atom. The summed E-state index contributed by atoms with van der Waals surface area (Å²) in [5, 5.41) is 0. The summed E-state index contributed by atoms with van der Waals surface area (Å²) in [6, 6.07) is 6.23. The summed E-state index contributed by atoms with van der Waals surface area (Å²) >= 11 is 0. The molecule has 0 saturated carbocycles. The number of piperazine rings is 1. The molecule has 0 N–H and O–H groups in total. The fourth-order valence-corrected chi connectivity index (χ4v) is 4.27. The number of carbonyl (C=O) groups is 2. The van der Waals surface area contributed by atoms with Gasteiger partial charge in [-0.15, -0.1) is 0 Å². The number of benzene rings is 1. The Morgan fingerprint density at radius 2 is 1.89 bits per heavy atom. The summed E-state index contributed by atoms with van der Waals surface area (Å²) in [5.74, 6) is 0.0951. The maximum atomic E-state index is 13.2. The van der Waals surface area contributed by atoms with Gasteiger partial charge in [-0.1, -0.05) is 12.1 Å². The molecular formula is C21H31N3O3. The van der Waals surface area contributed by atoms with Crippen LogP contribution >= 0.6 is 0 Å². The standard InChI is InChI=1S/C21H31N3O3/c1-15-6-5-7-18(16(15)2)23-10-12-24(13-11-23)21(26)17-8-9-20(25)22(3)19(17)14-27-4/h5-7,17,19H,8-14H2,1-4H3. The first-order valence-electron chi connectivity index (χ1n) is 9.78. The van der Waals surface area contributed by atoms with Crippen LogP contribution in [0.1, 0.15) is 24.0 Å². The first-order chi connectivity index (χ1) is 12.9. The van der Waals surface area contributed by atoms with Crippen LogP contribution < -0.4 is 4.90 Å². The Kier molecular flexibility index (Phi) is 6.05. The molecule has 2 saturated heterocycles. The monoisotopic (exact) mass is 373 g/mol. The molecule has 0 aliphatic carbocycles. The second-order valence-electron chi connectivity index (χ2n) is 7.70. The van der Waals surface area contributed by atoms with E-state index in [0.29, 0.717) is 19.4 Å². The van der Waals surface area contributed by atoms with Gasteiger partial charge in [0.05, 0.1) is 18.6 Å². The Morgan fingerprint density at radius 1 is 1.19 bits per heavy atom. The molecule has 6 heteroatoms. The Hall–Kier alpha value is -2.08. The van der Waals surface area contributed by atoms with Crippen molar-refractivity contribution < 1.29 is 14.3 Å². The summed E-state index contributed by atoms with van der Waals surface area (Å²) < 4.78 is 5.29. The molecule has 1 aromatic carbocycles. The average Bonchev–Trinajstić information content (AvgIpc) is 2.68. The molecule has 2 unspecified atom stereocenters. The topological polar surface area (TPSA) is 53.1 Å². The number of methoxy groups -OCH3 is 1. The van der Waals surface area contributed by atoms with Crippen LogP contribution in [-0.4, -0.2) is 74.6 Å². The lowest BCUT2D eigenvalue weighted by molar-refractivity contribution is -0.148. The van der Waals surface area contributed by atoms with E-state index in [-0.39, 0.29) is 23.8 Å². The molecule has 0 radical (unpaired) electrons. The zero-order chi connectivity index (χ0) is 19.6. The van der Waals surface area contributed by atoms with Crippen molar-refractivity contribution in [2.24, 2.45) is 5.92 Å². The van der Waals surface area contributed by atoms with E-state index in [4.69, 9.17) is 4.74 Å². The number of hydrogen-bond donors (Lipinski definition) is 0. The first-order valence-corrected chi connectivity index (χ1v) is 9.78. The molecule has 2 aliphatic heterocycles. The summed E-state index contributed by atoms with van der Waals surface area (Å²) in [7, 11) is 3.40. The molecule has 148 valence electrons. The van der Waals surface area contributed by atoms with E-state index in [9.17, 15) is 9.59 Å². The summed E-state index contributed by atoms with van der Waals surface area (Å²) in [6.45, 7) is 7.82. The van der Waals surface area contributed by atoms with Gasteiger partial charge in [0.15, 0.2) is 0 Å². The largest absolute Gasteiger partial charge is 0.383 e. The molecule has 27 heavy (non-hydrogen) atoms. The zero-order valence-electron chi connectivity index (χ0n) is 16.9. The highest BCUT2D eigenvalue weighted by Gasteiger charge is 2.40. The molecule has 0 spiro atoms. The molecule has 3 rings (SSSR count). The molecule has 2 fully saturated rings. The lowest BCUT2D eigenvalue weighted by Crippen LogP contribution is -2.57. The SMILES string of the molecule is COCC1C(C(=O)N2CCN(c3cccc(C)c3C)CC2)CCC(=O)N1C. The van der Waals surface area contributed by atoms with E-state index in [1.165, 1.54) is 16.8 Å². The second-order valence-corrected chi connectivity index (χ2v) is 7.70. The number of nitrogens with zero attached hydrogens (tertiary/aromatic N) is 3. The number of anilines is 1. The summed E-state index contributed by atoms with van der Waals surface area (Å²) in [5.41, 5.74) is 3.87. The van der Waals surface area contributed by atoms with E-state index in [1.807, 2.05) is 4.90 Å². The smallest absolute Gasteiger partial charge is 0.227 e. The average molecular weight is 373 g/mol. The van der Waals surface area contributed by atoms with Crippen LogP contribution in [0, 0.1) is 19.8 Å². The summed E-state index contributed by atoms with van der Waals surface area (Å²) in [4.78, 5) is 31.2. The molecule has 2 amide bonds. The quantitative estimate of drug-likeness (QED) is 0.808. The van der Waals surface area contributed by atoms with Gasteiger partial charge in [-0.3, -0.25) is 9.59 Å². The number of carbonyl (C=O) groups excluding carboxylic acids is 2. The predicted octanol–water partition coefficient (Wildman–Crippen LogP) is 1.84. The van der Waals surface area contributed by atoms with Crippen molar-refractivity contribution in [1.82, 2.24) is 9.80 Å². The lowest BCUT2D eigenvalue weighted by Gasteiger charge is -2.42. The molecule has 2 aliphatic rings. The van der Waals surface area contributed by atoms with Crippen molar-refractivity contribution in [1.29, 1.82) is 0 Å². The zero-order valence-corrected chi connectivity index (χ0v) is 16.9. The van der Waals surface area contributed by atoms with Gasteiger partial charge in [-0.2, -0.15) is 0 Å². The van der Waals surface area contributed by atoms with Gasteiger partial charge in [0.2, 0.25) is 11.8 Å². The number of likely N-dealkylation sites (tertiary alicyclic amines) is 1. The van der Waals surface area contributed by atoms with E-state index < -0.39 is 0 Å². The molecule has 0 aromatic heterocycles. The van der Waals surface area contributed by atoms with Gasteiger partial charge >= 0.3 is 0 Å². The first kappa shape index (κ1) is 19.7. The van der Waals surface area contributed by atoms with Crippen molar-refractivity contribution in [2.45, 2.75) is 32.7 Å². The molecule has 1 aromatic rings. The molecular weight excluding hydrogens is 342 g/mol. The Labute approximate surface area is 162 Å². The van der Waals surface area contributed by atoms with E-state index >= 15 is 0 Å². The van der Waals surface area contributed by atoms with Crippen molar-refractivity contribution in [3.63, 3.8) is 0 Å². The van der Waals surface area contributed by atoms with Crippen molar-refractivity contribution in [3.05, 3.63) is 29.3 Å². The van der Waals surface area contributed by atoms with Gasteiger partial charge in [0.1, 0.15) is 0 Å². The number of ether oxygens (including phenoxy) is 1. The predicted molar refractivity (Wildman–Crippen MR) is 106 cm³/mol. The van der Waals surface area contributed by atoms with E-state index in [1.54, 1.807) is 19.1 Å². The number of aryl methyl sites for hydroxylation is 1. The highest BCUT2D eigenvalue weighted by Crippen LogP contribution is 2.28. The van der Waals surface area contributed by atoms with Crippen molar-refractivity contribution >= 4 is 17.5 Å². The summed E-state index contributed by atoms with van der Waals surface area (Å²) in [6.07, 6.45) is 1.06. The van der Waals surface area contributed by atoms with Crippen LogP contribution in [0.25, 0.3) is 0 Å². The van der Waals surface area contributed by atoms with Crippen LogP contribution in [-0.2, 0) is 14.3 Å². The molecule has 2 heterocycles. The minimum atomic E-state index is -0.167. The fourth-order valence-electron chi connectivity index (χ4n) is 4.27. The van der Waals surface area contributed by atoms with Crippen LogP contribution in [0.2, 0.25) is 0 Å². The number of piperidine rings is 1. The van der Waals surface area contributed by atoms with Gasteiger partial charge in [-0.05, 0) is 37.5 Å². The third kappa shape index (κ3) is 3.95. The Bertz CT molecular complexity index is 698. The number of amides is 2. The minimum Gasteiger partial charge on any atom is -0.383 e. The van der Waals surface area contributed by atoms with Gasteiger partial charge in [-0.25, -0.2) is 0 Å². The highest BCUT2D eigenvalue weighted by molar-refractivity contribution is 5.84. The lowest BCUT2D eigenvalue weighted by atomic mass is 9.88. The number of likely N-dealkylation sites (N-methyl/N-ethyl adjacent to an activating group) is 1. The molecule has 0 bridgehead atoms. The molecule has 6 nitrogen and oxygen atoms in total.